The molecule has 0 saturated heterocycles. The highest BCUT2D eigenvalue weighted by Crippen LogP contribution is 2.22. The Morgan fingerprint density at radius 2 is 1.47 bits per heavy atom. The molecular weight excluding hydrogens is 210 g/mol. The molecule has 0 radical (unpaired) electrons. The van der Waals surface area contributed by atoms with Crippen molar-refractivity contribution in [1.29, 1.82) is 0 Å². The number of hydrogen-bond donors (Lipinski definition) is 1. The van der Waals surface area contributed by atoms with Gasteiger partial charge in [-0.3, -0.25) is 0 Å². The van der Waals surface area contributed by atoms with Crippen LogP contribution >= 0.6 is 0 Å². The molecule has 0 aliphatic heterocycles. The molecule has 2 aromatic carbocycles. The third-order valence-corrected chi connectivity index (χ3v) is 2.79. The van der Waals surface area contributed by atoms with Gasteiger partial charge in [0.1, 0.15) is 11.5 Å². The topological polar surface area (TPSA) is 21.3 Å². The molecule has 0 amide bonds. The lowest BCUT2D eigenvalue weighted by Gasteiger charge is -2.11. The zero-order valence-corrected chi connectivity index (χ0v) is 10.2. The van der Waals surface area contributed by atoms with Crippen molar-refractivity contribution in [3.63, 3.8) is 0 Å². The zero-order valence-electron chi connectivity index (χ0n) is 10.2. The van der Waals surface area contributed by atoms with Crippen LogP contribution in [0.2, 0.25) is 0 Å². The van der Waals surface area contributed by atoms with E-state index in [4.69, 9.17) is 4.74 Å². The average molecular weight is 227 g/mol. The van der Waals surface area contributed by atoms with Gasteiger partial charge in [-0.2, -0.15) is 0 Å². The van der Waals surface area contributed by atoms with Gasteiger partial charge in [-0.25, -0.2) is 0 Å². The Labute approximate surface area is 102 Å². The molecule has 2 rings (SSSR count). The molecule has 2 aromatic rings. The van der Waals surface area contributed by atoms with E-state index in [2.05, 4.69) is 24.4 Å². The van der Waals surface area contributed by atoms with Crippen LogP contribution in [-0.2, 0) is 0 Å². The van der Waals surface area contributed by atoms with E-state index in [1.807, 2.05) is 49.5 Å². The molecule has 0 aromatic heterocycles. The van der Waals surface area contributed by atoms with Gasteiger partial charge in [0, 0.05) is 6.04 Å². The van der Waals surface area contributed by atoms with Crippen molar-refractivity contribution < 1.29 is 4.74 Å². The van der Waals surface area contributed by atoms with Gasteiger partial charge in [0.2, 0.25) is 0 Å². The SMILES string of the molecule is CN[C@@H](C)c1ccc(Oc2ccccc2)cc1. The number of nitrogens with one attached hydrogen (secondary N) is 1. The lowest BCUT2D eigenvalue weighted by molar-refractivity contribution is 0.482. The standard InChI is InChI=1S/C15H17NO/c1-12(16-2)13-8-10-15(11-9-13)17-14-6-4-3-5-7-14/h3-12,16H,1-2H3/t12-/m0/s1. The van der Waals surface area contributed by atoms with Gasteiger partial charge in [0.05, 0.1) is 0 Å². The number of ether oxygens (including phenoxy) is 1. The maximum absolute atomic E-state index is 5.73. The Morgan fingerprint density at radius 3 is 2.06 bits per heavy atom. The minimum atomic E-state index is 0.362. The summed E-state index contributed by atoms with van der Waals surface area (Å²) in [5, 5.41) is 3.21. The summed E-state index contributed by atoms with van der Waals surface area (Å²) in [6, 6.07) is 18.3. The Morgan fingerprint density at radius 1 is 0.882 bits per heavy atom. The summed E-state index contributed by atoms with van der Waals surface area (Å²) in [6.07, 6.45) is 0. The van der Waals surface area contributed by atoms with Crippen molar-refractivity contribution >= 4 is 0 Å². The van der Waals surface area contributed by atoms with Crippen molar-refractivity contribution in [1.82, 2.24) is 5.32 Å². The first-order valence-corrected chi connectivity index (χ1v) is 5.79. The molecule has 0 aliphatic rings. The predicted octanol–water partition coefficient (Wildman–Crippen LogP) is 3.76. The molecule has 0 saturated carbocycles. The highest BCUT2D eigenvalue weighted by atomic mass is 16.5. The van der Waals surface area contributed by atoms with Crippen LogP contribution in [0.5, 0.6) is 11.5 Å². The number of rotatable bonds is 4. The second kappa shape index (κ2) is 5.51. The normalized spacial score (nSPS) is 12.1. The van der Waals surface area contributed by atoms with Gasteiger partial charge in [-0.1, -0.05) is 30.3 Å². The molecule has 0 bridgehead atoms. The molecule has 1 atom stereocenters. The summed E-state index contributed by atoms with van der Waals surface area (Å²) >= 11 is 0. The third kappa shape index (κ3) is 3.08. The van der Waals surface area contributed by atoms with Crippen LogP contribution in [0, 0.1) is 0 Å². The molecule has 88 valence electrons. The molecule has 1 N–H and O–H groups in total. The smallest absolute Gasteiger partial charge is 0.127 e. The Hall–Kier alpha value is -1.80. The van der Waals surface area contributed by atoms with E-state index in [9.17, 15) is 0 Å². The summed E-state index contributed by atoms with van der Waals surface area (Å²) < 4.78 is 5.73. The number of para-hydroxylation sites is 1. The molecule has 2 heteroatoms. The number of hydrogen-bond acceptors (Lipinski definition) is 2. The molecule has 0 fully saturated rings. The molecule has 0 heterocycles. The van der Waals surface area contributed by atoms with Gasteiger partial charge in [-0.05, 0) is 43.8 Å². The van der Waals surface area contributed by atoms with Crippen molar-refractivity contribution in [3.05, 3.63) is 60.2 Å². The van der Waals surface area contributed by atoms with Gasteiger partial charge in [-0.15, -0.1) is 0 Å². The summed E-state index contributed by atoms with van der Waals surface area (Å²) in [7, 11) is 1.96. The van der Waals surface area contributed by atoms with Gasteiger partial charge in [0.25, 0.3) is 0 Å². The first kappa shape index (κ1) is 11.7. The Kier molecular flexibility index (Phi) is 3.78. The Balaban J connectivity index is 2.08. The van der Waals surface area contributed by atoms with Crippen molar-refractivity contribution in [2.45, 2.75) is 13.0 Å². The van der Waals surface area contributed by atoms with E-state index in [1.54, 1.807) is 0 Å². The second-order valence-electron chi connectivity index (χ2n) is 3.99. The van der Waals surface area contributed by atoms with E-state index < -0.39 is 0 Å². The monoisotopic (exact) mass is 227 g/mol. The zero-order chi connectivity index (χ0) is 12.1. The largest absolute Gasteiger partial charge is 0.457 e. The quantitative estimate of drug-likeness (QED) is 0.858. The summed E-state index contributed by atoms with van der Waals surface area (Å²) in [5.74, 6) is 1.73. The van der Waals surface area contributed by atoms with Crippen LogP contribution in [-0.4, -0.2) is 7.05 Å². The molecule has 17 heavy (non-hydrogen) atoms. The highest BCUT2D eigenvalue weighted by molar-refractivity contribution is 5.33. The first-order chi connectivity index (χ1) is 8.29. The van der Waals surface area contributed by atoms with Gasteiger partial charge in [0.15, 0.2) is 0 Å². The number of benzene rings is 2. The minimum absolute atomic E-state index is 0.362. The fraction of sp³-hybridized carbons (Fsp3) is 0.200. The molecule has 0 aliphatic carbocycles. The molecular formula is C15H17NO. The highest BCUT2D eigenvalue weighted by Gasteiger charge is 2.02. The van der Waals surface area contributed by atoms with Crippen LogP contribution in [0.4, 0.5) is 0 Å². The van der Waals surface area contributed by atoms with Crippen LogP contribution in [0.1, 0.15) is 18.5 Å². The summed E-state index contributed by atoms with van der Waals surface area (Å²) in [5.41, 5.74) is 1.26. The summed E-state index contributed by atoms with van der Waals surface area (Å²) in [4.78, 5) is 0. The average Bonchev–Trinajstić information content (AvgIpc) is 2.40. The van der Waals surface area contributed by atoms with Crippen LogP contribution < -0.4 is 10.1 Å². The minimum Gasteiger partial charge on any atom is -0.457 e. The third-order valence-electron chi connectivity index (χ3n) is 2.79. The molecule has 2 nitrogen and oxygen atoms in total. The van der Waals surface area contributed by atoms with Crippen LogP contribution in [0.15, 0.2) is 54.6 Å². The maximum atomic E-state index is 5.73. The predicted molar refractivity (Wildman–Crippen MR) is 70.4 cm³/mol. The lowest BCUT2D eigenvalue weighted by atomic mass is 10.1. The maximum Gasteiger partial charge on any atom is 0.127 e. The fourth-order valence-electron chi connectivity index (χ4n) is 1.62. The van der Waals surface area contributed by atoms with E-state index in [0.717, 1.165) is 11.5 Å². The Bertz CT molecular complexity index is 450. The second-order valence-corrected chi connectivity index (χ2v) is 3.99. The van der Waals surface area contributed by atoms with Crippen molar-refractivity contribution in [2.75, 3.05) is 7.05 Å². The fourth-order valence-corrected chi connectivity index (χ4v) is 1.62. The van der Waals surface area contributed by atoms with E-state index in [0.29, 0.717) is 6.04 Å². The van der Waals surface area contributed by atoms with Gasteiger partial charge >= 0.3 is 0 Å². The molecule has 0 spiro atoms. The first-order valence-electron chi connectivity index (χ1n) is 5.79. The summed E-state index contributed by atoms with van der Waals surface area (Å²) in [6.45, 7) is 2.13. The van der Waals surface area contributed by atoms with E-state index in [-0.39, 0.29) is 0 Å². The molecule has 0 unspecified atom stereocenters. The van der Waals surface area contributed by atoms with Crippen LogP contribution in [0.25, 0.3) is 0 Å². The van der Waals surface area contributed by atoms with Crippen LogP contribution in [0.3, 0.4) is 0 Å². The van der Waals surface area contributed by atoms with Crippen molar-refractivity contribution in [2.24, 2.45) is 0 Å². The van der Waals surface area contributed by atoms with E-state index >= 15 is 0 Å². The van der Waals surface area contributed by atoms with Gasteiger partial charge < -0.3 is 10.1 Å². The van der Waals surface area contributed by atoms with E-state index in [1.165, 1.54) is 5.56 Å². The van der Waals surface area contributed by atoms with Crippen molar-refractivity contribution in [3.8, 4) is 11.5 Å². The lowest BCUT2D eigenvalue weighted by Crippen LogP contribution is -2.11.